The summed E-state index contributed by atoms with van der Waals surface area (Å²) < 4.78 is 15.6. The number of carbonyl (C=O) groups is 2. The Bertz CT molecular complexity index is 1050. The highest BCUT2D eigenvalue weighted by molar-refractivity contribution is 7.99. The number of benzene rings is 1. The third kappa shape index (κ3) is 5.19. The molecule has 0 fully saturated rings. The van der Waals surface area contributed by atoms with E-state index in [1.165, 1.54) is 41.3 Å². The van der Waals surface area contributed by atoms with Crippen molar-refractivity contribution in [2.24, 2.45) is 0 Å². The van der Waals surface area contributed by atoms with Crippen LogP contribution in [0.4, 0.5) is 9.52 Å². The van der Waals surface area contributed by atoms with Gasteiger partial charge in [-0.15, -0.1) is 20.4 Å². The van der Waals surface area contributed by atoms with Crippen LogP contribution in [0.5, 0.6) is 0 Å². The Morgan fingerprint density at radius 2 is 2.00 bits per heavy atom. The lowest BCUT2D eigenvalue weighted by Crippen LogP contribution is -2.29. The van der Waals surface area contributed by atoms with Crippen LogP contribution in [0.3, 0.4) is 0 Å². The molecule has 0 saturated heterocycles. The summed E-state index contributed by atoms with van der Waals surface area (Å²) in [5, 5.41) is 23.2. The lowest BCUT2D eigenvalue weighted by Gasteiger charge is -2.15. The number of halogens is 1. The van der Waals surface area contributed by atoms with Crippen molar-refractivity contribution in [2.45, 2.75) is 38.5 Å². The summed E-state index contributed by atoms with van der Waals surface area (Å²) in [7, 11) is 0. The number of anilines is 1. The normalized spacial score (nSPS) is 11.9. The molecule has 0 aliphatic heterocycles. The van der Waals surface area contributed by atoms with Crippen LogP contribution in [0.1, 0.15) is 41.1 Å². The van der Waals surface area contributed by atoms with E-state index in [1.54, 1.807) is 24.5 Å². The topological polar surface area (TPSA) is 115 Å². The van der Waals surface area contributed by atoms with Crippen molar-refractivity contribution in [1.29, 1.82) is 0 Å². The molecular weight excluding hydrogens is 429 g/mol. The van der Waals surface area contributed by atoms with Crippen molar-refractivity contribution in [2.75, 3.05) is 11.1 Å². The molecule has 0 spiro atoms. The number of amides is 2. The Balaban J connectivity index is 1.63. The largest absolute Gasteiger partial charge is 0.342 e. The van der Waals surface area contributed by atoms with Crippen molar-refractivity contribution in [3.63, 3.8) is 0 Å². The molecule has 12 heteroatoms. The number of rotatable bonds is 8. The van der Waals surface area contributed by atoms with E-state index >= 15 is 0 Å². The van der Waals surface area contributed by atoms with Gasteiger partial charge >= 0.3 is 0 Å². The molecule has 0 radical (unpaired) electrons. The maximum absolute atomic E-state index is 13.8. The summed E-state index contributed by atoms with van der Waals surface area (Å²) in [6.07, 6.45) is 0. The average molecular weight is 450 g/mol. The number of nitrogens with zero attached hydrogens (tertiary/aromatic N) is 5. The fraction of sp³-hybridized carbons (Fsp3) is 0.333. The molecule has 2 heterocycles. The number of hydrogen-bond donors (Lipinski definition) is 2. The van der Waals surface area contributed by atoms with Crippen LogP contribution >= 0.6 is 23.1 Å². The molecule has 2 N–H and O–H groups in total. The molecule has 30 heavy (non-hydrogen) atoms. The minimum absolute atomic E-state index is 0.0369. The smallest absolute Gasteiger partial charge is 0.254 e. The number of nitrogens with one attached hydrogen (secondary N) is 2. The molecule has 9 nitrogen and oxygen atoms in total. The molecule has 1 atom stereocenters. The van der Waals surface area contributed by atoms with Crippen molar-refractivity contribution >= 4 is 40.0 Å². The molecule has 2 aromatic heterocycles. The van der Waals surface area contributed by atoms with E-state index in [1.807, 2.05) is 6.92 Å². The van der Waals surface area contributed by atoms with Crippen LogP contribution in [0.25, 0.3) is 0 Å². The molecule has 1 aromatic carbocycles. The molecule has 158 valence electrons. The zero-order chi connectivity index (χ0) is 21.7. The van der Waals surface area contributed by atoms with Crippen molar-refractivity contribution in [1.82, 2.24) is 30.3 Å². The number of carbonyl (C=O) groups excluding carboxylic acids is 2. The van der Waals surface area contributed by atoms with E-state index in [4.69, 9.17) is 0 Å². The van der Waals surface area contributed by atoms with Gasteiger partial charge in [-0.3, -0.25) is 14.9 Å². The Labute approximate surface area is 180 Å². The summed E-state index contributed by atoms with van der Waals surface area (Å²) >= 11 is 2.52. The lowest BCUT2D eigenvalue weighted by molar-refractivity contribution is -0.113. The highest BCUT2D eigenvalue weighted by Crippen LogP contribution is 2.22. The van der Waals surface area contributed by atoms with Crippen molar-refractivity contribution < 1.29 is 14.0 Å². The van der Waals surface area contributed by atoms with E-state index in [-0.39, 0.29) is 17.2 Å². The van der Waals surface area contributed by atoms with Gasteiger partial charge in [-0.25, -0.2) is 4.39 Å². The highest BCUT2D eigenvalue weighted by atomic mass is 32.2. The van der Waals surface area contributed by atoms with Gasteiger partial charge in [0, 0.05) is 6.54 Å². The SMILES string of the molecule is CCn1c(SCC(=O)Nc2nnc(C)s2)nnc1[C@@H](C)NC(=O)c1ccccc1F. The first-order valence-electron chi connectivity index (χ1n) is 9.10. The fourth-order valence-electron chi connectivity index (χ4n) is 2.64. The second-order valence-corrected chi connectivity index (χ2v) is 8.35. The molecule has 3 aromatic rings. The van der Waals surface area contributed by atoms with E-state index < -0.39 is 17.8 Å². The van der Waals surface area contributed by atoms with Crippen molar-refractivity contribution in [3.8, 4) is 0 Å². The Hall–Kier alpha value is -2.86. The third-order valence-corrected chi connectivity index (χ3v) is 5.74. The predicted octanol–water partition coefficient (Wildman–Crippen LogP) is 2.82. The van der Waals surface area contributed by atoms with Gasteiger partial charge in [0.1, 0.15) is 10.8 Å². The van der Waals surface area contributed by atoms with Gasteiger partial charge < -0.3 is 9.88 Å². The third-order valence-electron chi connectivity index (χ3n) is 4.02. The summed E-state index contributed by atoms with van der Waals surface area (Å²) in [5.74, 6) is -0.722. The minimum Gasteiger partial charge on any atom is -0.342 e. The first-order valence-corrected chi connectivity index (χ1v) is 10.9. The van der Waals surface area contributed by atoms with Gasteiger partial charge in [0.25, 0.3) is 5.91 Å². The number of thioether (sulfide) groups is 1. The van der Waals surface area contributed by atoms with Crippen LogP contribution in [0.2, 0.25) is 0 Å². The molecule has 2 amide bonds. The van der Waals surface area contributed by atoms with Crippen LogP contribution in [-0.4, -0.2) is 42.5 Å². The van der Waals surface area contributed by atoms with E-state index in [9.17, 15) is 14.0 Å². The summed E-state index contributed by atoms with van der Waals surface area (Å²) in [6, 6.07) is 5.27. The second-order valence-electron chi connectivity index (χ2n) is 6.22. The first-order chi connectivity index (χ1) is 14.4. The molecule has 0 saturated carbocycles. The van der Waals surface area contributed by atoms with Gasteiger partial charge in [0.05, 0.1) is 17.4 Å². The second kappa shape index (κ2) is 9.76. The molecule has 0 unspecified atom stereocenters. The van der Waals surface area contributed by atoms with Gasteiger partial charge in [-0.05, 0) is 32.9 Å². The highest BCUT2D eigenvalue weighted by Gasteiger charge is 2.21. The zero-order valence-corrected chi connectivity index (χ0v) is 18.2. The minimum atomic E-state index is -0.591. The van der Waals surface area contributed by atoms with E-state index in [0.717, 1.165) is 5.01 Å². The van der Waals surface area contributed by atoms with Crippen LogP contribution in [0.15, 0.2) is 29.4 Å². The van der Waals surface area contributed by atoms with Crippen LogP contribution in [-0.2, 0) is 11.3 Å². The monoisotopic (exact) mass is 449 g/mol. The summed E-state index contributed by atoms with van der Waals surface area (Å²) in [6.45, 7) is 6.00. The van der Waals surface area contributed by atoms with Crippen LogP contribution < -0.4 is 10.6 Å². The maximum atomic E-state index is 13.8. The Morgan fingerprint density at radius 3 is 2.67 bits per heavy atom. The average Bonchev–Trinajstić information content (AvgIpc) is 3.32. The van der Waals surface area contributed by atoms with Gasteiger partial charge in [-0.1, -0.05) is 35.2 Å². The van der Waals surface area contributed by atoms with Gasteiger partial charge in [-0.2, -0.15) is 0 Å². The maximum Gasteiger partial charge on any atom is 0.254 e. The molecule has 3 rings (SSSR count). The molecular formula is C18H20FN7O2S2. The fourth-order valence-corrected chi connectivity index (χ4v) is 4.06. The number of hydrogen-bond acceptors (Lipinski definition) is 8. The molecule has 0 bridgehead atoms. The van der Waals surface area contributed by atoms with Crippen LogP contribution in [0, 0.1) is 12.7 Å². The van der Waals surface area contributed by atoms with E-state index in [0.29, 0.717) is 22.7 Å². The molecule has 0 aliphatic carbocycles. The summed E-state index contributed by atoms with van der Waals surface area (Å²) in [5.41, 5.74) is -0.0369. The van der Waals surface area contributed by atoms with Gasteiger partial charge in [0.2, 0.25) is 11.0 Å². The number of aryl methyl sites for hydroxylation is 1. The Kier molecular flexibility index (Phi) is 7.11. The van der Waals surface area contributed by atoms with Crippen molar-refractivity contribution in [3.05, 3.63) is 46.5 Å². The Morgan fingerprint density at radius 1 is 1.23 bits per heavy atom. The standard InChI is InChI=1S/C18H20FN7O2S2/c1-4-26-15(10(2)20-16(28)12-7-5-6-8-13(12)19)23-25-18(26)29-9-14(27)21-17-24-22-11(3)30-17/h5-8,10H,4,9H2,1-3H3,(H,20,28)(H,21,24,27)/t10-/m1/s1. The summed E-state index contributed by atoms with van der Waals surface area (Å²) in [4.78, 5) is 24.5. The number of aromatic nitrogens is 5. The lowest BCUT2D eigenvalue weighted by atomic mass is 10.2. The predicted molar refractivity (Wildman–Crippen MR) is 112 cm³/mol. The van der Waals surface area contributed by atoms with E-state index in [2.05, 4.69) is 31.0 Å². The van der Waals surface area contributed by atoms with Gasteiger partial charge in [0.15, 0.2) is 11.0 Å². The zero-order valence-electron chi connectivity index (χ0n) is 16.5. The first kappa shape index (κ1) is 21.8. The molecule has 0 aliphatic rings. The quantitative estimate of drug-likeness (QED) is 0.508.